The molecular weight excluding hydrogens is 166 g/mol. The molecular formula is C10H23NO2. The molecule has 0 amide bonds. The van der Waals surface area contributed by atoms with Gasteiger partial charge < -0.3 is 15.2 Å². The van der Waals surface area contributed by atoms with E-state index in [0.717, 1.165) is 26.2 Å². The van der Waals surface area contributed by atoms with Crippen molar-refractivity contribution in [3.05, 3.63) is 0 Å². The van der Waals surface area contributed by atoms with Crippen LogP contribution in [-0.2, 0) is 4.74 Å². The molecule has 0 fully saturated rings. The molecule has 0 atom stereocenters. The molecule has 0 saturated heterocycles. The Hall–Kier alpha value is -0.120. The van der Waals surface area contributed by atoms with Crippen molar-refractivity contribution in [2.24, 2.45) is 0 Å². The molecule has 2 N–H and O–H groups in total. The van der Waals surface area contributed by atoms with Crippen molar-refractivity contribution in [1.82, 2.24) is 5.32 Å². The van der Waals surface area contributed by atoms with Crippen LogP contribution in [0.1, 0.15) is 33.6 Å². The zero-order chi connectivity index (χ0) is 10.2. The van der Waals surface area contributed by atoms with E-state index >= 15 is 0 Å². The quantitative estimate of drug-likeness (QED) is 0.563. The minimum absolute atomic E-state index is 0.155. The Balaban J connectivity index is 3.16. The normalized spacial score (nSPS) is 12.0. The Morgan fingerprint density at radius 2 is 2.00 bits per heavy atom. The van der Waals surface area contributed by atoms with Crippen molar-refractivity contribution in [1.29, 1.82) is 0 Å². The second-order valence-corrected chi connectivity index (χ2v) is 3.93. The van der Waals surface area contributed by atoms with Crippen LogP contribution in [0.2, 0.25) is 0 Å². The second kappa shape index (κ2) is 7.30. The Labute approximate surface area is 81.5 Å². The van der Waals surface area contributed by atoms with Crippen LogP contribution in [0.4, 0.5) is 0 Å². The highest BCUT2D eigenvalue weighted by atomic mass is 16.5. The number of hydrogen-bond acceptors (Lipinski definition) is 3. The Morgan fingerprint density at radius 1 is 1.31 bits per heavy atom. The molecule has 0 bridgehead atoms. The molecule has 0 rings (SSSR count). The van der Waals surface area contributed by atoms with Crippen LogP contribution in [-0.4, -0.2) is 37.0 Å². The minimum Gasteiger partial charge on any atom is -0.394 e. The first-order valence-electron chi connectivity index (χ1n) is 5.06. The number of aliphatic hydroxyl groups excluding tert-OH is 1. The third kappa shape index (κ3) is 8.22. The van der Waals surface area contributed by atoms with Crippen LogP contribution in [0.3, 0.4) is 0 Å². The molecule has 0 aliphatic rings. The molecule has 0 aromatic rings. The average molecular weight is 189 g/mol. The van der Waals surface area contributed by atoms with Gasteiger partial charge in [0.15, 0.2) is 0 Å². The number of aliphatic hydroxyl groups is 1. The third-order valence-electron chi connectivity index (χ3n) is 1.89. The summed E-state index contributed by atoms with van der Waals surface area (Å²) < 4.78 is 5.37. The average Bonchev–Trinajstić information content (AvgIpc) is 2.11. The van der Waals surface area contributed by atoms with Gasteiger partial charge in [0.25, 0.3) is 0 Å². The van der Waals surface area contributed by atoms with Crippen molar-refractivity contribution in [2.45, 2.75) is 39.2 Å². The fraction of sp³-hybridized carbons (Fsp3) is 1.00. The van der Waals surface area contributed by atoms with Crippen LogP contribution in [0, 0.1) is 0 Å². The molecule has 0 unspecified atom stereocenters. The topological polar surface area (TPSA) is 41.5 Å². The fourth-order valence-corrected chi connectivity index (χ4v) is 0.866. The lowest BCUT2D eigenvalue weighted by Gasteiger charge is -2.23. The van der Waals surface area contributed by atoms with E-state index in [-0.39, 0.29) is 12.1 Å². The lowest BCUT2D eigenvalue weighted by atomic mass is 10.1. The first-order valence-corrected chi connectivity index (χ1v) is 5.06. The summed E-state index contributed by atoms with van der Waals surface area (Å²) in [5.41, 5.74) is -0.186. The summed E-state index contributed by atoms with van der Waals surface area (Å²) in [7, 11) is 0. The highest BCUT2D eigenvalue weighted by Crippen LogP contribution is 1.98. The van der Waals surface area contributed by atoms with E-state index in [4.69, 9.17) is 9.84 Å². The van der Waals surface area contributed by atoms with Crippen LogP contribution in [0.15, 0.2) is 0 Å². The molecule has 0 saturated carbocycles. The summed E-state index contributed by atoms with van der Waals surface area (Å²) in [5, 5.41) is 12.1. The maximum atomic E-state index is 8.93. The van der Waals surface area contributed by atoms with Crippen molar-refractivity contribution < 1.29 is 9.84 Å². The molecule has 3 nitrogen and oxygen atoms in total. The van der Waals surface area contributed by atoms with Crippen LogP contribution in [0.5, 0.6) is 0 Å². The van der Waals surface area contributed by atoms with Gasteiger partial charge in [0.2, 0.25) is 0 Å². The van der Waals surface area contributed by atoms with Crippen LogP contribution >= 0.6 is 0 Å². The van der Waals surface area contributed by atoms with Gasteiger partial charge in [-0.2, -0.15) is 0 Å². The van der Waals surface area contributed by atoms with Gasteiger partial charge in [-0.15, -0.1) is 0 Å². The SMILES string of the molecule is CCCCOCCNC(C)(C)CO. The largest absolute Gasteiger partial charge is 0.394 e. The summed E-state index contributed by atoms with van der Waals surface area (Å²) in [6.07, 6.45) is 2.30. The minimum atomic E-state index is -0.186. The van der Waals surface area contributed by atoms with Crippen molar-refractivity contribution in [3.63, 3.8) is 0 Å². The molecule has 0 aromatic heterocycles. The summed E-state index contributed by atoms with van der Waals surface area (Å²) in [6.45, 7) is 8.62. The van der Waals surface area contributed by atoms with E-state index < -0.39 is 0 Å². The van der Waals surface area contributed by atoms with Gasteiger partial charge in [0.1, 0.15) is 0 Å². The van der Waals surface area contributed by atoms with E-state index in [9.17, 15) is 0 Å². The highest BCUT2D eigenvalue weighted by molar-refractivity contribution is 4.75. The third-order valence-corrected chi connectivity index (χ3v) is 1.89. The summed E-state index contributed by atoms with van der Waals surface area (Å²) in [4.78, 5) is 0. The van der Waals surface area contributed by atoms with Gasteiger partial charge in [0, 0.05) is 18.7 Å². The molecule has 0 spiro atoms. The molecule has 0 heterocycles. The monoisotopic (exact) mass is 189 g/mol. The number of hydrogen-bond donors (Lipinski definition) is 2. The van der Waals surface area contributed by atoms with E-state index in [2.05, 4.69) is 12.2 Å². The van der Waals surface area contributed by atoms with Gasteiger partial charge in [-0.05, 0) is 20.3 Å². The number of unbranched alkanes of at least 4 members (excludes halogenated alkanes) is 1. The van der Waals surface area contributed by atoms with Gasteiger partial charge in [-0.3, -0.25) is 0 Å². The summed E-state index contributed by atoms with van der Waals surface area (Å²) in [5.74, 6) is 0. The van der Waals surface area contributed by atoms with E-state index in [1.807, 2.05) is 13.8 Å². The maximum absolute atomic E-state index is 8.93. The van der Waals surface area contributed by atoms with E-state index in [1.54, 1.807) is 0 Å². The fourth-order valence-electron chi connectivity index (χ4n) is 0.866. The van der Waals surface area contributed by atoms with Crippen LogP contribution in [0.25, 0.3) is 0 Å². The number of nitrogens with one attached hydrogen (secondary N) is 1. The maximum Gasteiger partial charge on any atom is 0.0607 e. The van der Waals surface area contributed by atoms with E-state index in [1.165, 1.54) is 6.42 Å². The molecule has 0 aliphatic carbocycles. The van der Waals surface area contributed by atoms with Crippen LogP contribution < -0.4 is 5.32 Å². The highest BCUT2D eigenvalue weighted by Gasteiger charge is 2.13. The second-order valence-electron chi connectivity index (χ2n) is 3.93. The van der Waals surface area contributed by atoms with Crippen molar-refractivity contribution in [3.8, 4) is 0 Å². The Morgan fingerprint density at radius 3 is 2.54 bits per heavy atom. The first kappa shape index (κ1) is 12.9. The lowest BCUT2D eigenvalue weighted by Crippen LogP contribution is -2.44. The van der Waals surface area contributed by atoms with Gasteiger partial charge in [-0.1, -0.05) is 13.3 Å². The Kier molecular flexibility index (Phi) is 7.23. The van der Waals surface area contributed by atoms with Gasteiger partial charge >= 0.3 is 0 Å². The van der Waals surface area contributed by atoms with Gasteiger partial charge in [-0.25, -0.2) is 0 Å². The zero-order valence-electron chi connectivity index (χ0n) is 9.10. The molecule has 0 radical (unpaired) electrons. The molecule has 13 heavy (non-hydrogen) atoms. The number of ether oxygens (including phenoxy) is 1. The van der Waals surface area contributed by atoms with E-state index in [0.29, 0.717) is 0 Å². The van der Waals surface area contributed by atoms with Crippen molar-refractivity contribution in [2.75, 3.05) is 26.4 Å². The first-order chi connectivity index (χ1) is 6.12. The van der Waals surface area contributed by atoms with Crippen molar-refractivity contribution >= 4 is 0 Å². The zero-order valence-corrected chi connectivity index (χ0v) is 9.10. The lowest BCUT2D eigenvalue weighted by molar-refractivity contribution is 0.118. The molecule has 0 aromatic carbocycles. The Bertz CT molecular complexity index is 115. The predicted octanol–water partition coefficient (Wildman–Crippen LogP) is 1.16. The standard InChI is InChI=1S/C10H23NO2/c1-4-5-7-13-8-6-11-10(2,3)9-12/h11-12H,4-9H2,1-3H3. The molecule has 80 valence electrons. The smallest absolute Gasteiger partial charge is 0.0607 e. The predicted molar refractivity (Wildman–Crippen MR) is 54.9 cm³/mol. The summed E-state index contributed by atoms with van der Waals surface area (Å²) in [6, 6.07) is 0. The molecule has 3 heteroatoms. The summed E-state index contributed by atoms with van der Waals surface area (Å²) >= 11 is 0. The number of rotatable bonds is 8. The molecule has 0 aliphatic heterocycles. The van der Waals surface area contributed by atoms with Gasteiger partial charge in [0.05, 0.1) is 13.2 Å².